The molecule has 0 aromatic rings. The van der Waals surface area contributed by atoms with Crippen molar-refractivity contribution < 1.29 is 33.6 Å². The number of hydrogen-bond donors (Lipinski definition) is 1. The summed E-state index contributed by atoms with van der Waals surface area (Å²) in [5.41, 5.74) is 0. The first-order chi connectivity index (χ1) is 15.3. The zero-order chi connectivity index (χ0) is 23.3. The Bertz CT molecular complexity index is 712. The summed E-state index contributed by atoms with van der Waals surface area (Å²) in [6.07, 6.45) is 3.05. The van der Waals surface area contributed by atoms with Crippen molar-refractivity contribution in [3.8, 4) is 0 Å². The van der Waals surface area contributed by atoms with Gasteiger partial charge in [0.25, 0.3) is 11.8 Å². The van der Waals surface area contributed by atoms with Crippen LogP contribution in [0, 0.1) is 5.92 Å². The van der Waals surface area contributed by atoms with Gasteiger partial charge < -0.3 is 10.2 Å². The average molecular weight is 523 g/mol. The highest BCUT2D eigenvalue weighted by Crippen LogP contribution is 2.36. The monoisotopic (exact) mass is 522 g/mol. The molecule has 178 valence electrons. The third-order valence-corrected chi connectivity index (χ3v) is 9.04. The van der Waals surface area contributed by atoms with E-state index in [4.69, 9.17) is 0 Å². The van der Waals surface area contributed by atoms with Crippen LogP contribution in [0.25, 0.3) is 0 Å². The van der Waals surface area contributed by atoms with Crippen LogP contribution in [0.2, 0.25) is 0 Å². The second-order valence-corrected chi connectivity index (χ2v) is 11.8. The van der Waals surface area contributed by atoms with E-state index in [-0.39, 0.29) is 48.2 Å². The summed E-state index contributed by atoms with van der Waals surface area (Å²) in [6, 6.07) is 0. The Hall–Kier alpha value is -1.18. The van der Waals surface area contributed by atoms with Gasteiger partial charge in [0.15, 0.2) is 10.2 Å². The Morgan fingerprint density at radius 2 is 1.53 bits per heavy atom. The number of carbonyl (C=O) groups excluding carboxylic acids is 6. The maximum Gasteiger partial charge on any atom is 0.343 e. The number of imide groups is 1. The molecule has 0 atom stereocenters. The number of rotatable bonds is 13. The van der Waals surface area contributed by atoms with Crippen LogP contribution >= 0.6 is 45.1 Å². The van der Waals surface area contributed by atoms with E-state index in [1.54, 1.807) is 0 Å². The molecule has 2 rings (SSSR count). The molecule has 13 heteroatoms. The Kier molecular flexibility index (Phi) is 12.6. The van der Waals surface area contributed by atoms with E-state index in [1.165, 1.54) is 17.9 Å². The molecule has 0 spiro atoms. The molecular formula is C19H26N2O7S4. The summed E-state index contributed by atoms with van der Waals surface area (Å²) < 4.78 is 0. The first-order valence-corrected chi connectivity index (χ1v) is 14.7. The summed E-state index contributed by atoms with van der Waals surface area (Å²) in [4.78, 5) is 74.5. The molecule has 0 saturated carbocycles. The van der Waals surface area contributed by atoms with Gasteiger partial charge in [0.05, 0.1) is 5.75 Å². The molecule has 0 aromatic heterocycles. The summed E-state index contributed by atoms with van der Waals surface area (Å²) in [6.45, 7) is 0.598. The van der Waals surface area contributed by atoms with Crippen molar-refractivity contribution in [2.45, 2.75) is 44.9 Å². The highest BCUT2D eigenvalue weighted by atomic mass is 33.1. The molecule has 0 bridgehead atoms. The number of hydroxylamine groups is 2. The van der Waals surface area contributed by atoms with Gasteiger partial charge in [-0.25, -0.2) is 4.79 Å². The first kappa shape index (κ1) is 27.1. The van der Waals surface area contributed by atoms with Crippen molar-refractivity contribution in [2.75, 3.05) is 29.6 Å². The highest BCUT2D eigenvalue weighted by Gasteiger charge is 2.32. The molecule has 9 nitrogen and oxygen atoms in total. The van der Waals surface area contributed by atoms with Crippen molar-refractivity contribution in [1.82, 2.24) is 10.4 Å². The molecule has 2 aliphatic heterocycles. The van der Waals surface area contributed by atoms with Crippen LogP contribution in [-0.4, -0.2) is 68.5 Å². The van der Waals surface area contributed by atoms with Gasteiger partial charge in [0.2, 0.25) is 5.91 Å². The van der Waals surface area contributed by atoms with E-state index in [9.17, 15) is 28.8 Å². The number of nitrogens with zero attached hydrogens (tertiary/aromatic N) is 1. The van der Waals surface area contributed by atoms with Crippen LogP contribution in [0.15, 0.2) is 0 Å². The van der Waals surface area contributed by atoms with Crippen molar-refractivity contribution >= 4 is 79.0 Å². The Morgan fingerprint density at radius 3 is 2.16 bits per heavy atom. The molecule has 2 fully saturated rings. The van der Waals surface area contributed by atoms with Crippen LogP contribution in [0.3, 0.4) is 0 Å². The van der Waals surface area contributed by atoms with Gasteiger partial charge in [-0.2, -0.15) is 0 Å². The van der Waals surface area contributed by atoms with E-state index >= 15 is 0 Å². The topological polar surface area (TPSA) is 127 Å². The summed E-state index contributed by atoms with van der Waals surface area (Å²) in [5, 5.41) is 2.56. The zero-order valence-corrected chi connectivity index (χ0v) is 20.8. The molecule has 2 aliphatic rings. The standard InChI is InChI=1S/C19H26N2O7S4/c22-14(20-8-2-1-3-13-9-31-32-10-13)11-29-18(26)6-7-19(27)30-12-17(25)28-21-15(23)4-5-16(21)24/h13H,1-12H2,(H,20,22). The molecule has 2 heterocycles. The maximum atomic E-state index is 11.9. The summed E-state index contributed by atoms with van der Waals surface area (Å²) >= 11 is 1.52. The number of thioether (sulfide) groups is 2. The van der Waals surface area contributed by atoms with E-state index < -0.39 is 22.9 Å². The lowest BCUT2D eigenvalue weighted by molar-refractivity contribution is -0.195. The molecule has 1 N–H and O–H groups in total. The third-order valence-electron chi connectivity index (χ3n) is 4.50. The van der Waals surface area contributed by atoms with Crippen LogP contribution in [0.5, 0.6) is 0 Å². The number of amides is 3. The first-order valence-electron chi connectivity index (χ1n) is 10.2. The second-order valence-electron chi connectivity index (χ2n) is 7.15. The van der Waals surface area contributed by atoms with Gasteiger partial charge in [-0.15, -0.1) is 5.06 Å². The van der Waals surface area contributed by atoms with Gasteiger partial charge in [0, 0.05) is 43.7 Å². The Balaban J connectivity index is 1.46. The number of unbranched alkanes of at least 4 members (excludes halogenated alkanes) is 1. The van der Waals surface area contributed by atoms with Crippen molar-refractivity contribution in [2.24, 2.45) is 5.92 Å². The fraction of sp³-hybridized carbons (Fsp3) is 0.684. The smallest absolute Gasteiger partial charge is 0.343 e. The maximum absolute atomic E-state index is 11.9. The molecule has 0 unspecified atom stereocenters. The van der Waals surface area contributed by atoms with Gasteiger partial charge in [-0.3, -0.25) is 24.0 Å². The van der Waals surface area contributed by atoms with Crippen molar-refractivity contribution in [1.29, 1.82) is 0 Å². The Morgan fingerprint density at radius 1 is 0.938 bits per heavy atom. The lowest BCUT2D eigenvalue weighted by Gasteiger charge is -2.11. The largest absolute Gasteiger partial charge is 0.355 e. The normalized spacial score (nSPS) is 16.4. The minimum Gasteiger partial charge on any atom is -0.355 e. The quantitative estimate of drug-likeness (QED) is 0.217. The van der Waals surface area contributed by atoms with E-state index in [2.05, 4.69) is 10.2 Å². The van der Waals surface area contributed by atoms with Crippen LogP contribution < -0.4 is 5.32 Å². The molecule has 32 heavy (non-hydrogen) atoms. The van der Waals surface area contributed by atoms with Crippen LogP contribution in [0.4, 0.5) is 0 Å². The molecular weight excluding hydrogens is 496 g/mol. The molecule has 0 aromatic carbocycles. The van der Waals surface area contributed by atoms with Gasteiger partial charge in [-0.05, 0) is 18.8 Å². The summed E-state index contributed by atoms with van der Waals surface area (Å²) in [7, 11) is 3.84. The highest BCUT2D eigenvalue weighted by molar-refractivity contribution is 8.77. The van der Waals surface area contributed by atoms with Crippen LogP contribution in [-0.2, 0) is 33.6 Å². The number of nitrogens with one attached hydrogen (secondary N) is 1. The number of carbonyl (C=O) groups is 6. The van der Waals surface area contributed by atoms with Gasteiger partial charge >= 0.3 is 5.97 Å². The van der Waals surface area contributed by atoms with E-state index in [0.717, 1.165) is 30.5 Å². The Labute approximate surface area is 203 Å². The SMILES string of the molecule is O=C(CSC(=O)CCC(=O)SCC(=O)ON1C(=O)CCC1=O)NCCCCC1CSSC1. The van der Waals surface area contributed by atoms with Crippen LogP contribution in [0.1, 0.15) is 44.9 Å². The fourth-order valence-corrected chi connectivity index (χ4v) is 7.01. The molecule has 2 saturated heterocycles. The second kappa shape index (κ2) is 14.9. The molecule has 0 aliphatic carbocycles. The molecule has 0 radical (unpaired) electrons. The third kappa shape index (κ3) is 10.6. The lowest BCUT2D eigenvalue weighted by atomic mass is 10.1. The van der Waals surface area contributed by atoms with Crippen molar-refractivity contribution in [3.05, 3.63) is 0 Å². The van der Waals surface area contributed by atoms with Gasteiger partial charge in [0.1, 0.15) is 5.75 Å². The van der Waals surface area contributed by atoms with Gasteiger partial charge in [-0.1, -0.05) is 51.5 Å². The predicted molar refractivity (Wildman–Crippen MR) is 127 cm³/mol. The van der Waals surface area contributed by atoms with E-state index in [1.807, 2.05) is 21.6 Å². The minimum absolute atomic E-state index is 0.00494. The zero-order valence-electron chi connectivity index (χ0n) is 17.5. The predicted octanol–water partition coefficient (Wildman–Crippen LogP) is 2.19. The fourth-order valence-electron chi connectivity index (χ4n) is 2.76. The van der Waals surface area contributed by atoms with Crippen molar-refractivity contribution in [3.63, 3.8) is 0 Å². The van der Waals surface area contributed by atoms with E-state index in [0.29, 0.717) is 23.4 Å². The summed E-state index contributed by atoms with van der Waals surface area (Å²) in [5.74, 6) is 0.581. The molecule has 3 amide bonds. The lowest BCUT2D eigenvalue weighted by Crippen LogP contribution is -2.32. The average Bonchev–Trinajstić information content (AvgIpc) is 3.40. The number of hydrogen-bond acceptors (Lipinski definition) is 11. The minimum atomic E-state index is -0.884.